The molecular formula is C13H11BrN2O4. The Morgan fingerprint density at radius 1 is 1.35 bits per heavy atom. The van der Waals surface area contributed by atoms with Crippen LogP contribution in [0, 0.1) is 0 Å². The minimum atomic E-state index is -0.862. The standard InChI is InChI=1S/C13H11BrN2O4/c1-16-11(7-3-5-8(14)6-4-7)15-9(13(19)20-2)10(17)12(16)18/h3-6,17H,1-2H3. The van der Waals surface area contributed by atoms with E-state index in [2.05, 4.69) is 25.7 Å². The third-order valence-corrected chi connectivity index (χ3v) is 3.28. The molecule has 0 fully saturated rings. The summed E-state index contributed by atoms with van der Waals surface area (Å²) in [5.74, 6) is -1.32. The number of benzene rings is 1. The number of aromatic hydroxyl groups is 1. The minimum Gasteiger partial charge on any atom is -0.501 e. The molecular weight excluding hydrogens is 328 g/mol. The maximum Gasteiger partial charge on any atom is 0.360 e. The molecule has 104 valence electrons. The van der Waals surface area contributed by atoms with Crippen LogP contribution in [0.15, 0.2) is 33.5 Å². The maximum absolute atomic E-state index is 11.9. The number of carbonyl (C=O) groups excluding carboxylic acids is 1. The fourth-order valence-corrected chi connectivity index (χ4v) is 1.95. The zero-order valence-electron chi connectivity index (χ0n) is 10.8. The van der Waals surface area contributed by atoms with Crippen molar-refractivity contribution < 1.29 is 14.6 Å². The lowest BCUT2D eigenvalue weighted by Gasteiger charge is -2.10. The summed E-state index contributed by atoms with van der Waals surface area (Å²) in [5, 5.41) is 9.69. The van der Waals surface area contributed by atoms with Crippen LogP contribution in [0.1, 0.15) is 10.5 Å². The van der Waals surface area contributed by atoms with Gasteiger partial charge in [0.25, 0.3) is 5.56 Å². The van der Waals surface area contributed by atoms with Crippen LogP contribution >= 0.6 is 15.9 Å². The lowest BCUT2D eigenvalue weighted by Crippen LogP contribution is -2.23. The van der Waals surface area contributed by atoms with Crippen LogP contribution < -0.4 is 5.56 Å². The lowest BCUT2D eigenvalue weighted by molar-refractivity contribution is 0.0589. The van der Waals surface area contributed by atoms with Crippen molar-refractivity contribution in [1.82, 2.24) is 9.55 Å². The Balaban J connectivity index is 2.70. The summed E-state index contributed by atoms with van der Waals surface area (Å²) in [6, 6.07) is 7.05. The first-order valence-electron chi connectivity index (χ1n) is 5.60. The highest BCUT2D eigenvalue weighted by Crippen LogP contribution is 2.21. The molecule has 0 amide bonds. The molecule has 0 saturated heterocycles. The normalized spacial score (nSPS) is 10.3. The van der Waals surface area contributed by atoms with E-state index in [4.69, 9.17) is 0 Å². The van der Waals surface area contributed by atoms with Gasteiger partial charge in [0.2, 0.25) is 5.75 Å². The van der Waals surface area contributed by atoms with Crippen LogP contribution in [0.5, 0.6) is 5.75 Å². The zero-order valence-corrected chi connectivity index (χ0v) is 12.3. The number of halogens is 1. The SMILES string of the molecule is COC(=O)c1nc(-c2ccc(Br)cc2)n(C)c(=O)c1O. The molecule has 0 spiro atoms. The Morgan fingerprint density at radius 2 is 1.95 bits per heavy atom. The van der Waals surface area contributed by atoms with Crippen molar-refractivity contribution in [1.29, 1.82) is 0 Å². The van der Waals surface area contributed by atoms with Crippen molar-refractivity contribution in [2.24, 2.45) is 7.05 Å². The molecule has 6 nitrogen and oxygen atoms in total. The number of ether oxygens (including phenoxy) is 1. The summed E-state index contributed by atoms with van der Waals surface area (Å²) in [7, 11) is 2.62. The number of esters is 1. The molecule has 0 aliphatic rings. The zero-order chi connectivity index (χ0) is 14.9. The van der Waals surface area contributed by atoms with Gasteiger partial charge in [-0.05, 0) is 12.1 Å². The second-order valence-electron chi connectivity index (χ2n) is 4.00. The monoisotopic (exact) mass is 338 g/mol. The van der Waals surface area contributed by atoms with Gasteiger partial charge < -0.3 is 9.84 Å². The Labute approximate surface area is 122 Å². The molecule has 1 aromatic heterocycles. The molecule has 0 saturated carbocycles. The Bertz CT molecular complexity index is 722. The first-order chi connectivity index (χ1) is 9.45. The summed E-state index contributed by atoms with van der Waals surface area (Å²) in [6.07, 6.45) is 0. The van der Waals surface area contributed by atoms with Crippen LogP contribution in [0.4, 0.5) is 0 Å². The van der Waals surface area contributed by atoms with E-state index in [-0.39, 0.29) is 5.82 Å². The van der Waals surface area contributed by atoms with Gasteiger partial charge in [0.15, 0.2) is 5.69 Å². The number of hydrogen-bond donors (Lipinski definition) is 1. The molecule has 0 bridgehead atoms. The van der Waals surface area contributed by atoms with Gasteiger partial charge in [-0.3, -0.25) is 9.36 Å². The van der Waals surface area contributed by atoms with Gasteiger partial charge in [0.05, 0.1) is 7.11 Å². The second-order valence-corrected chi connectivity index (χ2v) is 4.91. The van der Waals surface area contributed by atoms with E-state index >= 15 is 0 Å². The number of rotatable bonds is 2. The van der Waals surface area contributed by atoms with E-state index in [1.54, 1.807) is 24.3 Å². The van der Waals surface area contributed by atoms with Crippen LogP contribution in [0.25, 0.3) is 11.4 Å². The van der Waals surface area contributed by atoms with E-state index in [0.29, 0.717) is 5.56 Å². The molecule has 1 N–H and O–H groups in total. The van der Waals surface area contributed by atoms with Crippen LogP contribution in [-0.4, -0.2) is 27.7 Å². The van der Waals surface area contributed by atoms with E-state index in [0.717, 1.165) is 11.6 Å². The fraction of sp³-hybridized carbons (Fsp3) is 0.154. The Kier molecular flexibility index (Phi) is 3.89. The second kappa shape index (κ2) is 5.46. The number of methoxy groups -OCH3 is 1. The van der Waals surface area contributed by atoms with Crippen molar-refractivity contribution in [2.45, 2.75) is 0 Å². The molecule has 2 rings (SSSR count). The van der Waals surface area contributed by atoms with Crippen molar-refractivity contribution in [3.8, 4) is 17.1 Å². The molecule has 0 atom stereocenters. The first kappa shape index (κ1) is 14.3. The molecule has 0 radical (unpaired) electrons. The minimum absolute atomic E-state index is 0.265. The molecule has 2 aromatic rings. The van der Waals surface area contributed by atoms with Gasteiger partial charge in [0, 0.05) is 17.1 Å². The summed E-state index contributed by atoms with van der Waals surface area (Å²) in [5.41, 5.74) is -0.468. The number of hydrogen-bond acceptors (Lipinski definition) is 5. The van der Waals surface area contributed by atoms with Gasteiger partial charge in [-0.2, -0.15) is 0 Å². The van der Waals surface area contributed by atoms with E-state index < -0.39 is 23.0 Å². The van der Waals surface area contributed by atoms with Gasteiger partial charge in [0.1, 0.15) is 5.82 Å². The van der Waals surface area contributed by atoms with Crippen molar-refractivity contribution in [3.63, 3.8) is 0 Å². The number of carbonyl (C=O) groups is 1. The average Bonchev–Trinajstić information content (AvgIpc) is 2.45. The van der Waals surface area contributed by atoms with E-state index in [1.165, 1.54) is 11.6 Å². The summed E-state index contributed by atoms with van der Waals surface area (Å²) in [4.78, 5) is 27.5. The molecule has 0 aliphatic carbocycles. The molecule has 1 heterocycles. The molecule has 7 heteroatoms. The third kappa shape index (κ3) is 2.44. The first-order valence-corrected chi connectivity index (χ1v) is 6.39. The molecule has 0 unspecified atom stereocenters. The highest BCUT2D eigenvalue weighted by atomic mass is 79.9. The van der Waals surface area contributed by atoms with Gasteiger partial charge in [-0.1, -0.05) is 28.1 Å². The molecule has 0 aliphatic heterocycles. The topological polar surface area (TPSA) is 81.4 Å². The molecule has 1 aromatic carbocycles. The van der Waals surface area contributed by atoms with E-state index in [1.807, 2.05) is 0 Å². The summed E-state index contributed by atoms with van der Waals surface area (Å²) in [6.45, 7) is 0. The van der Waals surface area contributed by atoms with Crippen LogP contribution in [-0.2, 0) is 11.8 Å². The smallest absolute Gasteiger partial charge is 0.360 e. The van der Waals surface area contributed by atoms with Gasteiger partial charge in [-0.15, -0.1) is 0 Å². The largest absolute Gasteiger partial charge is 0.501 e. The maximum atomic E-state index is 11.9. The summed E-state index contributed by atoms with van der Waals surface area (Å²) >= 11 is 3.31. The Morgan fingerprint density at radius 3 is 2.50 bits per heavy atom. The van der Waals surface area contributed by atoms with Crippen molar-refractivity contribution in [2.75, 3.05) is 7.11 Å². The quantitative estimate of drug-likeness (QED) is 0.843. The lowest BCUT2D eigenvalue weighted by atomic mass is 10.2. The third-order valence-electron chi connectivity index (χ3n) is 2.75. The average molecular weight is 339 g/mol. The Hall–Kier alpha value is -2.15. The van der Waals surface area contributed by atoms with E-state index in [9.17, 15) is 14.7 Å². The predicted molar refractivity (Wildman–Crippen MR) is 75.6 cm³/mol. The van der Waals surface area contributed by atoms with Crippen LogP contribution in [0.3, 0.4) is 0 Å². The van der Waals surface area contributed by atoms with Gasteiger partial charge in [-0.25, -0.2) is 9.78 Å². The highest BCUT2D eigenvalue weighted by Gasteiger charge is 2.21. The highest BCUT2D eigenvalue weighted by molar-refractivity contribution is 9.10. The number of aromatic nitrogens is 2. The van der Waals surface area contributed by atoms with Crippen molar-refractivity contribution in [3.05, 3.63) is 44.8 Å². The number of nitrogens with zero attached hydrogens (tertiary/aromatic N) is 2. The van der Waals surface area contributed by atoms with Crippen LogP contribution in [0.2, 0.25) is 0 Å². The fourth-order valence-electron chi connectivity index (χ4n) is 1.69. The summed E-state index contributed by atoms with van der Waals surface area (Å²) < 4.78 is 6.55. The predicted octanol–water partition coefficient (Wildman–Crippen LogP) is 1.70. The van der Waals surface area contributed by atoms with Crippen molar-refractivity contribution >= 4 is 21.9 Å². The molecule has 20 heavy (non-hydrogen) atoms. The van der Waals surface area contributed by atoms with Gasteiger partial charge >= 0.3 is 5.97 Å².